The van der Waals surface area contributed by atoms with Crippen LogP contribution in [0, 0.1) is 17.0 Å². The van der Waals surface area contributed by atoms with E-state index >= 15 is 0 Å². The fraction of sp³-hybridized carbons (Fsp3) is 0.130. The van der Waals surface area contributed by atoms with E-state index in [9.17, 15) is 13.6 Å². The molecule has 158 valence electrons. The van der Waals surface area contributed by atoms with Gasteiger partial charge in [-0.2, -0.15) is 0 Å². The number of fused-ring (bicyclic) bond motifs is 1. The average Bonchev–Trinajstić information content (AvgIpc) is 2.75. The molecule has 4 N–H and O–H groups in total. The molecule has 0 saturated heterocycles. The normalized spacial score (nSPS) is 15.5. The standard InChI is InChI=1S/C23H20F2N4O2/c1-13-12-28(16-4-2-14(3-5-16)23(30)31)21-10-20(27)15(11-26)8-22(21)29(13)17-6-7-18(24)19(25)9-17/h2-11,13,26H,12,27H2,1H3,(H,30,31). The number of benzene rings is 3. The third-order valence-electron chi connectivity index (χ3n) is 5.38. The maximum atomic E-state index is 14.0. The summed E-state index contributed by atoms with van der Waals surface area (Å²) in [6.07, 6.45) is 1.14. The van der Waals surface area contributed by atoms with Crippen LogP contribution in [0.1, 0.15) is 22.8 Å². The van der Waals surface area contributed by atoms with E-state index in [-0.39, 0.29) is 11.6 Å². The van der Waals surface area contributed by atoms with Crippen molar-refractivity contribution in [2.45, 2.75) is 13.0 Å². The second kappa shape index (κ2) is 7.71. The van der Waals surface area contributed by atoms with Gasteiger partial charge in [0.1, 0.15) is 0 Å². The molecule has 6 nitrogen and oxygen atoms in total. The molecule has 8 heteroatoms. The summed E-state index contributed by atoms with van der Waals surface area (Å²) < 4.78 is 27.5. The van der Waals surface area contributed by atoms with Gasteiger partial charge in [0.05, 0.1) is 16.9 Å². The molecule has 0 spiro atoms. The van der Waals surface area contributed by atoms with Gasteiger partial charge in [-0.05, 0) is 55.5 Å². The third-order valence-corrected chi connectivity index (χ3v) is 5.38. The Bertz CT molecular complexity index is 1180. The van der Waals surface area contributed by atoms with Crippen LogP contribution >= 0.6 is 0 Å². The minimum Gasteiger partial charge on any atom is -0.478 e. The molecule has 31 heavy (non-hydrogen) atoms. The van der Waals surface area contributed by atoms with E-state index in [4.69, 9.17) is 16.2 Å². The largest absolute Gasteiger partial charge is 0.478 e. The van der Waals surface area contributed by atoms with Crippen molar-refractivity contribution in [1.82, 2.24) is 0 Å². The fourth-order valence-electron chi connectivity index (χ4n) is 3.88. The van der Waals surface area contributed by atoms with E-state index in [1.165, 1.54) is 18.2 Å². The lowest BCUT2D eigenvalue weighted by molar-refractivity contribution is 0.0697. The number of anilines is 5. The Morgan fingerprint density at radius 3 is 2.35 bits per heavy atom. The molecule has 0 aromatic heterocycles. The second-order valence-electron chi connectivity index (χ2n) is 7.39. The first kappa shape index (κ1) is 20.3. The van der Waals surface area contributed by atoms with E-state index < -0.39 is 17.6 Å². The lowest BCUT2D eigenvalue weighted by Crippen LogP contribution is -2.43. The molecule has 0 fully saturated rings. The molecule has 3 aromatic carbocycles. The van der Waals surface area contributed by atoms with Gasteiger partial charge in [-0.1, -0.05) is 0 Å². The van der Waals surface area contributed by atoms with Crippen molar-refractivity contribution < 1.29 is 18.7 Å². The summed E-state index contributed by atoms with van der Waals surface area (Å²) in [5, 5.41) is 16.8. The topological polar surface area (TPSA) is 93.6 Å². The molecule has 0 amide bonds. The highest BCUT2D eigenvalue weighted by molar-refractivity contribution is 5.95. The van der Waals surface area contributed by atoms with Crippen molar-refractivity contribution in [1.29, 1.82) is 5.41 Å². The Labute approximate surface area is 177 Å². The van der Waals surface area contributed by atoms with E-state index in [1.807, 2.05) is 16.7 Å². The van der Waals surface area contributed by atoms with E-state index in [0.29, 0.717) is 34.9 Å². The summed E-state index contributed by atoms with van der Waals surface area (Å²) in [7, 11) is 0. The Balaban J connectivity index is 1.87. The van der Waals surface area contributed by atoms with Gasteiger partial charge in [-0.25, -0.2) is 13.6 Å². The maximum absolute atomic E-state index is 14.0. The predicted molar refractivity (Wildman–Crippen MR) is 117 cm³/mol. The third kappa shape index (κ3) is 3.56. The van der Waals surface area contributed by atoms with Crippen LogP contribution in [0.2, 0.25) is 0 Å². The highest BCUT2D eigenvalue weighted by Gasteiger charge is 2.31. The van der Waals surface area contributed by atoms with Gasteiger partial charge in [0.15, 0.2) is 11.6 Å². The number of carboxylic acid groups (broad SMARTS) is 1. The number of nitrogens with two attached hydrogens (primary N) is 1. The molecule has 0 bridgehead atoms. The van der Waals surface area contributed by atoms with Crippen LogP contribution in [-0.4, -0.2) is 29.9 Å². The summed E-state index contributed by atoms with van der Waals surface area (Å²) in [6.45, 7) is 2.44. The summed E-state index contributed by atoms with van der Waals surface area (Å²) >= 11 is 0. The van der Waals surface area contributed by atoms with Crippen LogP contribution in [0.3, 0.4) is 0 Å². The Kier molecular flexibility index (Phi) is 5.06. The van der Waals surface area contributed by atoms with Crippen molar-refractivity contribution in [2.24, 2.45) is 0 Å². The fourth-order valence-corrected chi connectivity index (χ4v) is 3.88. The monoisotopic (exact) mass is 422 g/mol. The van der Waals surface area contributed by atoms with Crippen molar-refractivity contribution in [3.05, 3.63) is 77.4 Å². The highest BCUT2D eigenvalue weighted by Crippen LogP contribution is 2.45. The number of hydrogen-bond acceptors (Lipinski definition) is 5. The summed E-state index contributed by atoms with van der Waals surface area (Å²) in [5.41, 5.74) is 9.87. The summed E-state index contributed by atoms with van der Waals surface area (Å²) in [5.74, 6) is -2.88. The van der Waals surface area contributed by atoms with Gasteiger partial charge in [0.25, 0.3) is 0 Å². The zero-order chi connectivity index (χ0) is 22.3. The number of carboxylic acids is 1. The molecule has 1 atom stereocenters. The minimum atomic E-state index is -1.01. The Morgan fingerprint density at radius 1 is 1.06 bits per heavy atom. The zero-order valence-electron chi connectivity index (χ0n) is 16.6. The van der Waals surface area contributed by atoms with Crippen LogP contribution in [0.15, 0.2) is 54.6 Å². The number of hydrogen-bond donors (Lipinski definition) is 3. The van der Waals surface area contributed by atoms with E-state index in [0.717, 1.165) is 24.0 Å². The van der Waals surface area contributed by atoms with Gasteiger partial charge in [-0.3, -0.25) is 0 Å². The zero-order valence-corrected chi connectivity index (χ0v) is 16.6. The minimum absolute atomic E-state index is 0.154. The lowest BCUT2D eigenvalue weighted by atomic mass is 10.0. The quantitative estimate of drug-likeness (QED) is 0.410. The molecule has 0 saturated carbocycles. The number of rotatable bonds is 4. The van der Waals surface area contributed by atoms with Gasteiger partial charge in [0, 0.05) is 47.5 Å². The van der Waals surface area contributed by atoms with Crippen molar-refractivity contribution in [3.63, 3.8) is 0 Å². The van der Waals surface area contributed by atoms with Crippen molar-refractivity contribution >= 4 is 40.6 Å². The molecular weight excluding hydrogens is 402 g/mol. The predicted octanol–water partition coefficient (Wildman–Crippen LogP) is 4.92. The summed E-state index contributed by atoms with van der Waals surface area (Å²) in [4.78, 5) is 15.1. The highest BCUT2D eigenvalue weighted by atomic mass is 19.2. The number of carbonyl (C=O) groups is 1. The van der Waals surface area contributed by atoms with Crippen molar-refractivity contribution in [3.8, 4) is 0 Å². The smallest absolute Gasteiger partial charge is 0.335 e. The number of aromatic carboxylic acids is 1. The van der Waals surface area contributed by atoms with Crippen LogP contribution in [-0.2, 0) is 0 Å². The van der Waals surface area contributed by atoms with E-state index in [2.05, 4.69) is 0 Å². The number of nitrogen functional groups attached to an aromatic ring is 1. The lowest BCUT2D eigenvalue weighted by Gasteiger charge is -2.43. The molecule has 1 unspecified atom stereocenters. The number of nitrogens with zero attached hydrogens (tertiary/aromatic N) is 2. The SMILES string of the molecule is CC1CN(c2ccc(C(=O)O)cc2)c2cc(N)c(C=N)cc2N1c1ccc(F)c(F)c1. The Hall–Kier alpha value is -3.94. The molecule has 1 aliphatic heterocycles. The molecular formula is C23H20F2N4O2. The number of nitrogens with one attached hydrogen (secondary N) is 1. The first-order valence-electron chi connectivity index (χ1n) is 9.59. The molecule has 3 aromatic rings. The van der Waals surface area contributed by atoms with E-state index in [1.54, 1.807) is 24.3 Å². The van der Waals surface area contributed by atoms with Gasteiger partial charge in [0.2, 0.25) is 0 Å². The van der Waals surface area contributed by atoms with Gasteiger partial charge < -0.3 is 26.0 Å². The maximum Gasteiger partial charge on any atom is 0.335 e. The number of halogens is 2. The molecule has 1 aliphatic rings. The van der Waals surface area contributed by atoms with Gasteiger partial charge >= 0.3 is 5.97 Å². The van der Waals surface area contributed by atoms with Crippen LogP contribution in [0.4, 0.5) is 37.2 Å². The first-order valence-corrected chi connectivity index (χ1v) is 9.59. The van der Waals surface area contributed by atoms with Crippen LogP contribution in [0.25, 0.3) is 0 Å². The molecule has 1 heterocycles. The second-order valence-corrected chi connectivity index (χ2v) is 7.39. The molecule has 4 rings (SSSR count). The van der Waals surface area contributed by atoms with Gasteiger partial charge in [-0.15, -0.1) is 0 Å². The first-order chi connectivity index (χ1) is 14.8. The Morgan fingerprint density at radius 2 is 1.74 bits per heavy atom. The molecule has 0 radical (unpaired) electrons. The average molecular weight is 422 g/mol. The van der Waals surface area contributed by atoms with Crippen molar-refractivity contribution in [2.75, 3.05) is 22.1 Å². The van der Waals surface area contributed by atoms with Crippen LogP contribution < -0.4 is 15.5 Å². The summed E-state index contributed by atoms with van der Waals surface area (Å²) in [6, 6.07) is 13.6. The van der Waals surface area contributed by atoms with Crippen LogP contribution in [0.5, 0.6) is 0 Å². The molecule has 0 aliphatic carbocycles.